The maximum atomic E-state index is 13.8. The Kier molecular flexibility index (Phi) is 19.6. The second-order valence-electron chi connectivity index (χ2n) is 14.9. The van der Waals surface area contributed by atoms with Crippen molar-refractivity contribution in [3.63, 3.8) is 0 Å². The number of nitrogens with zero attached hydrogens (tertiary/aromatic N) is 3. The molecule has 3 aromatic rings. The lowest BCUT2D eigenvalue weighted by Crippen LogP contribution is -2.56. The fourth-order valence-electron chi connectivity index (χ4n) is 6.51. The van der Waals surface area contributed by atoms with Crippen LogP contribution in [-0.4, -0.2) is 149 Å². The van der Waals surface area contributed by atoms with Crippen LogP contribution in [0.2, 0.25) is 0 Å². The molecule has 1 aliphatic rings. The molecule has 8 amide bonds. The van der Waals surface area contributed by atoms with Gasteiger partial charge >= 0.3 is 5.97 Å². The number of carbonyl (C=O) groups is 9. The van der Waals surface area contributed by atoms with Crippen LogP contribution in [0.1, 0.15) is 36.5 Å². The second-order valence-corrected chi connectivity index (χ2v) is 15.6. The molecule has 0 spiro atoms. The number of nitriles is 1. The lowest BCUT2D eigenvalue weighted by molar-refractivity contribution is -0.138. The number of halogens is 2. The minimum absolute atomic E-state index is 0.0134. The van der Waals surface area contributed by atoms with Gasteiger partial charge in [0.25, 0.3) is 11.8 Å². The molecule has 0 unspecified atom stereocenters. The summed E-state index contributed by atoms with van der Waals surface area (Å²) >= 11 is 8.05. The van der Waals surface area contributed by atoms with Crippen molar-refractivity contribution in [3.8, 4) is 22.9 Å². The first-order valence-corrected chi connectivity index (χ1v) is 21.7. The first-order valence-electron chi connectivity index (χ1n) is 20.4. The summed E-state index contributed by atoms with van der Waals surface area (Å²) < 4.78 is 33.4. The fourth-order valence-corrected chi connectivity index (χ4v) is 7.02. The summed E-state index contributed by atoms with van der Waals surface area (Å²) in [6.07, 6.45) is -0.248. The molecule has 67 heavy (non-hydrogen) atoms. The summed E-state index contributed by atoms with van der Waals surface area (Å²) in [4.78, 5) is 117. The van der Waals surface area contributed by atoms with Crippen molar-refractivity contribution in [3.05, 3.63) is 60.3 Å². The number of ether oxygens (including phenoxy) is 1. The predicted octanol–water partition coefficient (Wildman–Crippen LogP) is -0.683. The number of pyridine rings is 1. The van der Waals surface area contributed by atoms with Gasteiger partial charge in [-0.05, 0) is 47.9 Å². The molecular formula is C42H48F2N10O11S2. The number of nitrogens with one attached hydrogen (secondary N) is 7. The molecule has 1 fully saturated rings. The monoisotopic (exact) mass is 970 g/mol. The number of benzene rings is 2. The van der Waals surface area contributed by atoms with Gasteiger partial charge in [-0.15, -0.1) is 0 Å². The number of aliphatic carboxylic acids is 1. The molecule has 4 atom stereocenters. The van der Waals surface area contributed by atoms with E-state index in [0.29, 0.717) is 22.2 Å². The van der Waals surface area contributed by atoms with Crippen molar-refractivity contribution in [1.82, 2.24) is 47.1 Å². The van der Waals surface area contributed by atoms with Gasteiger partial charge in [-0.3, -0.25) is 48.1 Å². The number of rotatable bonds is 23. The number of hydrogen-bond acceptors (Lipinski definition) is 14. The van der Waals surface area contributed by atoms with Crippen LogP contribution in [0.25, 0.3) is 22.0 Å². The van der Waals surface area contributed by atoms with E-state index in [4.69, 9.17) is 4.74 Å². The molecule has 8 N–H and O–H groups in total. The van der Waals surface area contributed by atoms with E-state index in [0.717, 1.165) is 10.5 Å². The van der Waals surface area contributed by atoms with Crippen LogP contribution in [0.3, 0.4) is 0 Å². The Morgan fingerprint density at radius 1 is 0.836 bits per heavy atom. The molecule has 4 rings (SSSR count). The molecule has 1 aromatic heterocycles. The number of thiol groups is 2. The normalized spacial score (nSPS) is 15.1. The van der Waals surface area contributed by atoms with E-state index in [2.05, 4.69) is 67.5 Å². The number of aromatic nitrogens is 1. The van der Waals surface area contributed by atoms with E-state index in [1.54, 1.807) is 48.5 Å². The zero-order valence-corrected chi connectivity index (χ0v) is 37.6. The van der Waals surface area contributed by atoms with Gasteiger partial charge in [-0.1, -0.05) is 18.2 Å². The number of hydrogen-bond donors (Lipinski definition) is 10. The minimum Gasteiger partial charge on any atom is -0.492 e. The van der Waals surface area contributed by atoms with E-state index in [1.165, 1.54) is 19.2 Å². The maximum Gasteiger partial charge on any atom is 0.303 e. The molecule has 2 heterocycles. The average Bonchev–Trinajstić information content (AvgIpc) is 3.63. The predicted molar refractivity (Wildman–Crippen MR) is 241 cm³/mol. The molecule has 21 nitrogen and oxygen atoms in total. The number of carboxylic acids is 1. The summed E-state index contributed by atoms with van der Waals surface area (Å²) in [5, 5.41) is 35.5. The van der Waals surface area contributed by atoms with Crippen molar-refractivity contribution < 1.29 is 61.8 Å². The third-order valence-corrected chi connectivity index (χ3v) is 10.6. The Balaban J connectivity index is 1.24. The highest BCUT2D eigenvalue weighted by Gasteiger charge is 2.47. The molecule has 1 aliphatic heterocycles. The Morgan fingerprint density at radius 2 is 1.48 bits per heavy atom. The van der Waals surface area contributed by atoms with Crippen LogP contribution >= 0.6 is 25.3 Å². The van der Waals surface area contributed by atoms with Crippen LogP contribution in [-0.2, 0) is 38.4 Å². The molecular weight excluding hydrogens is 923 g/mol. The van der Waals surface area contributed by atoms with Crippen molar-refractivity contribution in [1.29, 1.82) is 5.26 Å². The fraction of sp³-hybridized carbons (Fsp3) is 0.405. The minimum atomic E-state index is -3.19. The van der Waals surface area contributed by atoms with Crippen molar-refractivity contribution in [2.75, 3.05) is 50.8 Å². The highest BCUT2D eigenvalue weighted by atomic mass is 32.1. The molecule has 358 valence electrons. The summed E-state index contributed by atoms with van der Waals surface area (Å²) in [5.41, 5.74) is 2.09. The first kappa shape index (κ1) is 52.6. The molecule has 25 heteroatoms. The SMILES string of the molecule is CC(=O)N[C@@H](CS)C(=O)NCC(=O)N[C@@H](CS)C(=O)N[C@@H](CCC(=O)O)C(=O)NCC(=O)NCCOc1ccc(-c2ccc3nccc(C(=O)NCC(=O)N4CC(F)(F)C[C@H]4C#N)c3c2)cc1. The largest absolute Gasteiger partial charge is 0.492 e. The highest BCUT2D eigenvalue weighted by Crippen LogP contribution is 2.32. The number of carbonyl (C=O) groups excluding carboxylic acids is 8. The number of amides is 8. The van der Waals surface area contributed by atoms with Gasteiger partial charge in [-0.25, -0.2) is 8.78 Å². The maximum absolute atomic E-state index is 13.8. The molecule has 0 radical (unpaired) electrons. The Labute approximate surface area is 392 Å². The Morgan fingerprint density at radius 3 is 2.12 bits per heavy atom. The zero-order valence-electron chi connectivity index (χ0n) is 35.8. The number of carboxylic acid groups (broad SMARTS) is 1. The van der Waals surface area contributed by atoms with E-state index in [1.807, 2.05) is 0 Å². The Hall–Kier alpha value is -7.07. The van der Waals surface area contributed by atoms with Gasteiger partial charge < -0.3 is 52.0 Å². The summed E-state index contributed by atoms with van der Waals surface area (Å²) in [6, 6.07) is 10.2. The summed E-state index contributed by atoms with van der Waals surface area (Å²) in [5.74, 6) is -10.2. The van der Waals surface area contributed by atoms with Crippen LogP contribution in [0.4, 0.5) is 8.78 Å². The molecule has 0 aliphatic carbocycles. The van der Waals surface area contributed by atoms with E-state index >= 15 is 0 Å². The van der Waals surface area contributed by atoms with Gasteiger partial charge in [0.05, 0.1) is 49.9 Å². The molecule has 1 saturated heterocycles. The number of likely N-dealkylation sites (tertiary alicyclic amines) is 1. The third kappa shape index (κ3) is 16.1. The lowest BCUT2D eigenvalue weighted by Gasteiger charge is -2.22. The molecule has 0 bridgehead atoms. The van der Waals surface area contributed by atoms with Crippen LogP contribution in [0, 0.1) is 11.3 Å². The quantitative estimate of drug-likeness (QED) is 0.0417. The molecule has 2 aromatic carbocycles. The van der Waals surface area contributed by atoms with Gasteiger partial charge in [0.1, 0.15) is 36.5 Å². The van der Waals surface area contributed by atoms with Gasteiger partial charge in [0, 0.05) is 42.9 Å². The van der Waals surface area contributed by atoms with E-state index in [-0.39, 0.29) is 36.6 Å². The van der Waals surface area contributed by atoms with Crippen LogP contribution < -0.4 is 42.0 Å². The zero-order chi connectivity index (χ0) is 49.3. The van der Waals surface area contributed by atoms with Crippen molar-refractivity contribution in [2.24, 2.45) is 0 Å². The van der Waals surface area contributed by atoms with Crippen LogP contribution in [0.15, 0.2) is 54.7 Å². The number of alkyl halides is 2. The molecule has 0 saturated carbocycles. The smallest absolute Gasteiger partial charge is 0.303 e. The summed E-state index contributed by atoms with van der Waals surface area (Å²) in [6.45, 7) is -1.39. The van der Waals surface area contributed by atoms with Gasteiger partial charge in [0.2, 0.25) is 41.4 Å². The van der Waals surface area contributed by atoms with Crippen molar-refractivity contribution >= 4 is 89.4 Å². The van der Waals surface area contributed by atoms with Gasteiger partial charge in [0.15, 0.2) is 0 Å². The van der Waals surface area contributed by atoms with E-state index < -0.39 is 122 Å². The summed E-state index contributed by atoms with van der Waals surface area (Å²) in [7, 11) is 0. The highest BCUT2D eigenvalue weighted by molar-refractivity contribution is 7.80. The first-order chi connectivity index (χ1) is 31.8. The van der Waals surface area contributed by atoms with Crippen LogP contribution in [0.5, 0.6) is 5.75 Å². The second kappa shape index (κ2) is 25.0. The average molecular weight is 971 g/mol. The standard InChI is InChI=1S/C42H48F2N10O11S2/c1-23(55)51-32(20-66)40(63)49-18-35(57)52-33(21-67)41(64)53-31(8-9-37(59)60)39(62)48-17-34(56)47-12-13-65-27-5-2-24(3-6-27)25-4-7-30-29(14-25)28(10-11-46-30)38(61)50-19-36(58)54-22-42(43,44)15-26(54)16-45/h2-7,10-11,14,26,31-33,66-67H,8-9,12-13,15,17-22H2,1H3,(H,47,56)(H,48,62)(H,49,63)(H,50,61)(H,51,55)(H,52,57)(H,53,64)(H,59,60)/t26-,31-,32-,33-/m0/s1. The van der Waals surface area contributed by atoms with E-state index in [9.17, 15) is 62.3 Å². The third-order valence-electron chi connectivity index (χ3n) is 9.84. The van der Waals surface area contributed by atoms with Crippen molar-refractivity contribution in [2.45, 2.75) is 56.3 Å². The lowest BCUT2D eigenvalue weighted by atomic mass is 10.0. The Bertz CT molecular complexity index is 2390. The topological polar surface area (TPSA) is 307 Å². The number of fused-ring (bicyclic) bond motifs is 1. The van der Waals surface area contributed by atoms with Gasteiger partial charge in [-0.2, -0.15) is 30.5 Å².